The number of rotatable bonds is 8. The Balaban J connectivity index is 2.78. The number of benzene rings is 1. The van der Waals surface area contributed by atoms with Gasteiger partial charge in [0.05, 0.1) is 21.3 Å². The minimum Gasteiger partial charge on any atom is -0.496 e. The molecule has 5 nitrogen and oxygen atoms in total. The Morgan fingerprint density at radius 3 is 2.05 bits per heavy atom. The van der Waals surface area contributed by atoms with Gasteiger partial charge in [0.15, 0.2) is 11.5 Å². The average Bonchev–Trinajstić information content (AvgIpc) is 2.46. The summed E-state index contributed by atoms with van der Waals surface area (Å²) in [5.74, 6) is 2.19. The second kappa shape index (κ2) is 7.97. The van der Waals surface area contributed by atoms with E-state index in [1.54, 1.807) is 21.3 Å². The highest BCUT2D eigenvalue weighted by atomic mass is 16.5. The van der Waals surface area contributed by atoms with Crippen molar-refractivity contribution in [3.05, 3.63) is 17.7 Å². The number of ether oxygens (including phenoxy) is 3. The highest BCUT2D eigenvalue weighted by Crippen LogP contribution is 2.34. The summed E-state index contributed by atoms with van der Waals surface area (Å²) in [6.45, 7) is 3.81. The molecule has 0 aliphatic heterocycles. The van der Waals surface area contributed by atoms with Crippen molar-refractivity contribution in [1.29, 1.82) is 0 Å². The predicted octanol–water partition coefficient (Wildman–Crippen LogP) is 1.75. The summed E-state index contributed by atoms with van der Waals surface area (Å²) in [6.07, 6.45) is 0. The Morgan fingerprint density at radius 1 is 1.00 bits per heavy atom. The minimum absolute atomic E-state index is 0.473. The first kappa shape index (κ1) is 16.6. The maximum absolute atomic E-state index is 5.41. The molecule has 0 saturated carbocycles. The van der Waals surface area contributed by atoms with Crippen molar-refractivity contribution < 1.29 is 14.2 Å². The maximum atomic E-state index is 5.41. The van der Waals surface area contributed by atoms with Crippen molar-refractivity contribution in [1.82, 2.24) is 10.2 Å². The van der Waals surface area contributed by atoms with Crippen molar-refractivity contribution in [2.75, 3.05) is 42.0 Å². The van der Waals surface area contributed by atoms with Crippen molar-refractivity contribution in [3.8, 4) is 17.2 Å². The Morgan fingerprint density at radius 2 is 1.55 bits per heavy atom. The Bertz CT molecular complexity index is 422. The number of nitrogens with one attached hydrogen (secondary N) is 1. The zero-order chi connectivity index (χ0) is 15.1. The van der Waals surface area contributed by atoms with Crippen molar-refractivity contribution in [2.24, 2.45) is 0 Å². The van der Waals surface area contributed by atoms with E-state index in [1.165, 1.54) is 0 Å². The van der Waals surface area contributed by atoms with E-state index >= 15 is 0 Å². The first-order valence-electron chi connectivity index (χ1n) is 6.69. The second-order valence-corrected chi connectivity index (χ2v) is 4.96. The highest BCUT2D eigenvalue weighted by molar-refractivity contribution is 5.50. The van der Waals surface area contributed by atoms with Crippen LogP contribution in [0.3, 0.4) is 0 Å². The molecule has 1 unspecified atom stereocenters. The van der Waals surface area contributed by atoms with Crippen LogP contribution in [-0.2, 0) is 6.54 Å². The lowest BCUT2D eigenvalue weighted by Gasteiger charge is -2.20. The SMILES string of the molecule is COc1cc(OC)c(OC)cc1CNCC(C)N(C)C. The Labute approximate surface area is 121 Å². The molecule has 114 valence electrons. The molecule has 1 aromatic carbocycles. The average molecular weight is 282 g/mol. The molecule has 1 atom stereocenters. The van der Waals surface area contributed by atoms with Crippen LogP contribution < -0.4 is 19.5 Å². The summed E-state index contributed by atoms with van der Waals surface area (Å²) in [5, 5.41) is 3.43. The number of hydrogen-bond donors (Lipinski definition) is 1. The molecule has 0 aromatic heterocycles. The molecular weight excluding hydrogens is 256 g/mol. The molecule has 1 aromatic rings. The zero-order valence-electron chi connectivity index (χ0n) is 13.3. The van der Waals surface area contributed by atoms with Crippen LogP contribution in [-0.4, -0.2) is 52.9 Å². The topological polar surface area (TPSA) is 43.0 Å². The fourth-order valence-electron chi connectivity index (χ4n) is 1.83. The highest BCUT2D eigenvalue weighted by Gasteiger charge is 2.12. The normalized spacial score (nSPS) is 12.3. The lowest BCUT2D eigenvalue weighted by Crippen LogP contribution is -2.35. The molecule has 0 aliphatic carbocycles. The van der Waals surface area contributed by atoms with E-state index < -0.39 is 0 Å². The molecule has 0 heterocycles. The molecule has 0 spiro atoms. The van der Waals surface area contributed by atoms with Gasteiger partial charge in [-0.15, -0.1) is 0 Å². The fraction of sp³-hybridized carbons (Fsp3) is 0.600. The van der Waals surface area contributed by atoms with Gasteiger partial charge in [-0.25, -0.2) is 0 Å². The first-order valence-corrected chi connectivity index (χ1v) is 6.69. The molecule has 5 heteroatoms. The lowest BCUT2D eigenvalue weighted by atomic mass is 10.1. The van der Waals surface area contributed by atoms with E-state index in [2.05, 4.69) is 31.2 Å². The van der Waals surface area contributed by atoms with Crippen LogP contribution in [0.4, 0.5) is 0 Å². The molecular formula is C15H26N2O3. The van der Waals surface area contributed by atoms with Gasteiger partial charge < -0.3 is 24.4 Å². The molecule has 0 saturated heterocycles. The maximum Gasteiger partial charge on any atom is 0.164 e. The van der Waals surface area contributed by atoms with Gasteiger partial charge in [-0.1, -0.05) is 0 Å². The standard InChI is InChI=1S/C15H26N2O3/c1-11(17(2)3)9-16-10-12-7-14(19-5)15(20-6)8-13(12)18-4/h7-8,11,16H,9-10H2,1-6H3. The quantitative estimate of drug-likeness (QED) is 0.787. The van der Waals surface area contributed by atoms with Crippen molar-refractivity contribution >= 4 is 0 Å². The third-order valence-electron chi connectivity index (χ3n) is 3.42. The third-order valence-corrected chi connectivity index (χ3v) is 3.42. The van der Waals surface area contributed by atoms with E-state index in [4.69, 9.17) is 14.2 Å². The van der Waals surface area contributed by atoms with Crippen molar-refractivity contribution in [2.45, 2.75) is 19.5 Å². The first-order chi connectivity index (χ1) is 9.53. The molecule has 0 bridgehead atoms. The van der Waals surface area contributed by atoms with Crippen LogP contribution in [0.1, 0.15) is 12.5 Å². The van der Waals surface area contributed by atoms with Crippen LogP contribution in [0.5, 0.6) is 17.2 Å². The van der Waals surface area contributed by atoms with E-state index in [-0.39, 0.29) is 0 Å². The summed E-state index contributed by atoms with van der Waals surface area (Å²) in [7, 11) is 9.06. The van der Waals surface area contributed by atoms with Crippen LogP contribution in [0, 0.1) is 0 Å². The van der Waals surface area contributed by atoms with Crippen LogP contribution >= 0.6 is 0 Å². The summed E-state index contributed by atoms with van der Waals surface area (Å²) < 4.78 is 16.0. The van der Waals surface area contributed by atoms with Gasteiger partial charge in [0.25, 0.3) is 0 Å². The van der Waals surface area contributed by atoms with Gasteiger partial charge in [0, 0.05) is 30.8 Å². The number of methoxy groups -OCH3 is 3. The van der Waals surface area contributed by atoms with E-state index in [9.17, 15) is 0 Å². The van der Waals surface area contributed by atoms with Gasteiger partial charge in [-0.3, -0.25) is 0 Å². The van der Waals surface area contributed by atoms with Gasteiger partial charge >= 0.3 is 0 Å². The molecule has 0 aliphatic rings. The number of likely N-dealkylation sites (N-methyl/N-ethyl adjacent to an activating group) is 1. The molecule has 0 radical (unpaired) electrons. The van der Waals surface area contributed by atoms with Crippen LogP contribution in [0.25, 0.3) is 0 Å². The Hall–Kier alpha value is -1.46. The largest absolute Gasteiger partial charge is 0.496 e. The molecule has 0 amide bonds. The number of nitrogens with zero attached hydrogens (tertiary/aromatic N) is 1. The number of hydrogen-bond acceptors (Lipinski definition) is 5. The predicted molar refractivity (Wildman–Crippen MR) is 81.0 cm³/mol. The summed E-state index contributed by atoms with van der Waals surface area (Å²) in [6, 6.07) is 4.28. The monoisotopic (exact) mass is 282 g/mol. The fourth-order valence-corrected chi connectivity index (χ4v) is 1.83. The van der Waals surface area contributed by atoms with Gasteiger partial charge in [-0.2, -0.15) is 0 Å². The van der Waals surface area contributed by atoms with Crippen LogP contribution in [0.15, 0.2) is 12.1 Å². The second-order valence-electron chi connectivity index (χ2n) is 4.96. The Kier molecular flexibility index (Phi) is 6.61. The van der Waals surface area contributed by atoms with Gasteiger partial charge in [0.1, 0.15) is 5.75 Å². The van der Waals surface area contributed by atoms with Gasteiger partial charge in [-0.05, 0) is 27.1 Å². The van der Waals surface area contributed by atoms with Crippen molar-refractivity contribution in [3.63, 3.8) is 0 Å². The molecule has 20 heavy (non-hydrogen) atoms. The molecule has 1 rings (SSSR count). The van der Waals surface area contributed by atoms with Gasteiger partial charge in [0.2, 0.25) is 0 Å². The summed E-state index contributed by atoms with van der Waals surface area (Å²) in [5.41, 5.74) is 1.05. The summed E-state index contributed by atoms with van der Waals surface area (Å²) >= 11 is 0. The van der Waals surface area contributed by atoms with E-state index in [0.717, 1.165) is 24.4 Å². The third kappa shape index (κ3) is 4.28. The minimum atomic E-state index is 0.473. The molecule has 0 fully saturated rings. The molecule has 1 N–H and O–H groups in total. The lowest BCUT2D eigenvalue weighted by molar-refractivity contribution is 0.301. The van der Waals surface area contributed by atoms with E-state index in [1.807, 2.05) is 12.1 Å². The summed E-state index contributed by atoms with van der Waals surface area (Å²) in [4.78, 5) is 2.18. The van der Waals surface area contributed by atoms with Crippen LogP contribution in [0.2, 0.25) is 0 Å². The zero-order valence-corrected chi connectivity index (χ0v) is 13.3. The van der Waals surface area contributed by atoms with E-state index in [0.29, 0.717) is 17.5 Å². The smallest absolute Gasteiger partial charge is 0.164 e.